The lowest BCUT2D eigenvalue weighted by molar-refractivity contribution is 0.128. The van der Waals surface area contributed by atoms with Crippen LogP contribution in [0.5, 0.6) is 0 Å². The molecule has 0 aliphatic heterocycles. The zero-order valence-electron chi connectivity index (χ0n) is 11.4. The Balaban J connectivity index is 1.39. The third-order valence-corrected chi connectivity index (χ3v) is 4.58. The molecule has 1 N–H and O–H groups in total. The van der Waals surface area contributed by atoms with Crippen LogP contribution in [0.3, 0.4) is 0 Å². The van der Waals surface area contributed by atoms with Gasteiger partial charge in [0.15, 0.2) is 0 Å². The van der Waals surface area contributed by atoms with Gasteiger partial charge in [-0.05, 0) is 62.9 Å². The van der Waals surface area contributed by atoms with Gasteiger partial charge in [-0.25, -0.2) is 0 Å². The van der Waals surface area contributed by atoms with Crippen LogP contribution in [0.1, 0.15) is 51.9 Å². The maximum Gasteiger partial charge on any atom is 0.0478 e. The Labute approximate surface area is 107 Å². The number of unbranched alkanes of at least 4 members (excludes halogenated alkanes) is 1. The predicted octanol–water partition coefficient (Wildman–Crippen LogP) is 3.22. The highest BCUT2D eigenvalue weighted by Gasteiger charge is 2.38. The molecule has 0 radical (unpaired) electrons. The van der Waals surface area contributed by atoms with Crippen molar-refractivity contribution in [1.82, 2.24) is 5.32 Å². The summed E-state index contributed by atoms with van der Waals surface area (Å²) >= 11 is 0. The Bertz CT molecular complexity index is 207. The van der Waals surface area contributed by atoms with Crippen LogP contribution in [0.25, 0.3) is 0 Å². The summed E-state index contributed by atoms with van der Waals surface area (Å²) in [5.41, 5.74) is 0. The van der Waals surface area contributed by atoms with E-state index >= 15 is 0 Å². The standard InChI is InChI=1S/C15H29NO/c1-2-3-8-17-9-4-7-16-12-15-11-13-5-6-14(15)10-13/h13-16H,2-12H2,1H3. The van der Waals surface area contributed by atoms with E-state index in [0.717, 1.165) is 37.5 Å². The third kappa shape index (κ3) is 4.26. The lowest BCUT2D eigenvalue weighted by Gasteiger charge is -2.21. The molecule has 0 amide bonds. The van der Waals surface area contributed by atoms with Gasteiger partial charge in [-0.2, -0.15) is 0 Å². The van der Waals surface area contributed by atoms with Crippen LogP contribution in [0.15, 0.2) is 0 Å². The fraction of sp³-hybridized carbons (Fsp3) is 1.00. The van der Waals surface area contributed by atoms with Gasteiger partial charge in [0.25, 0.3) is 0 Å². The molecule has 2 bridgehead atoms. The van der Waals surface area contributed by atoms with E-state index < -0.39 is 0 Å². The van der Waals surface area contributed by atoms with Crippen molar-refractivity contribution in [3.63, 3.8) is 0 Å². The van der Waals surface area contributed by atoms with Crippen molar-refractivity contribution in [2.45, 2.75) is 51.9 Å². The van der Waals surface area contributed by atoms with Crippen LogP contribution in [0.2, 0.25) is 0 Å². The summed E-state index contributed by atoms with van der Waals surface area (Å²) < 4.78 is 5.56. The quantitative estimate of drug-likeness (QED) is 0.624. The summed E-state index contributed by atoms with van der Waals surface area (Å²) in [5, 5.41) is 3.62. The summed E-state index contributed by atoms with van der Waals surface area (Å²) in [6.07, 6.45) is 9.69. The minimum atomic E-state index is 0.934. The van der Waals surface area contributed by atoms with Gasteiger partial charge in [0.1, 0.15) is 0 Å². The number of fused-ring (bicyclic) bond motifs is 2. The van der Waals surface area contributed by atoms with E-state index in [1.54, 1.807) is 0 Å². The molecule has 2 fully saturated rings. The van der Waals surface area contributed by atoms with E-state index in [-0.39, 0.29) is 0 Å². The molecule has 2 aliphatic carbocycles. The minimum absolute atomic E-state index is 0.934. The van der Waals surface area contributed by atoms with Gasteiger partial charge in [0, 0.05) is 13.2 Å². The van der Waals surface area contributed by atoms with Crippen LogP contribution in [-0.2, 0) is 4.74 Å². The van der Waals surface area contributed by atoms with Gasteiger partial charge in [-0.3, -0.25) is 0 Å². The van der Waals surface area contributed by atoms with Crippen LogP contribution in [0, 0.1) is 17.8 Å². The summed E-state index contributed by atoms with van der Waals surface area (Å²) in [5.74, 6) is 3.15. The first-order valence-electron chi connectivity index (χ1n) is 7.68. The molecule has 0 aromatic heterocycles. The third-order valence-electron chi connectivity index (χ3n) is 4.58. The Morgan fingerprint density at radius 2 is 2.00 bits per heavy atom. The molecule has 0 heterocycles. The Morgan fingerprint density at radius 1 is 1.12 bits per heavy atom. The summed E-state index contributed by atoms with van der Waals surface area (Å²) in [6, 6.07) is 0. The van der Waals surface area contributed by atoms with E-state index in [4.69, 9.17) is 4.74 Å². The molecule has 2 aliphatic rings. The topological polar surface area (TPSA) is 21.3 Å². The number of hydrogen-bond donors (Lipinski definition) is 1. The summed E-state index contributed by atoms with van der Waals surface area (Å²) in [7, 11) is 0. The number of ether oxygens (including phenoxy) is 1. The van der Waals surface area contributed by atoms with Crippen LogP contribution in [-0.4, -0.2) is 26.3 Å². The lowest BCUT2D eigenvalue weighted by Crippen LogP contribution is -2.27. The van der Waals surface area contributed by atoms with Crippen molar-refractivity contribution in [3.05, 3.63) is 0 Å². The second-order valence-corrected chi connectivity index (χ2v) is 5.96. The van der Waals surface area contributed by atoms with E-state index in [1.807, 2.05) is 0 Å². The molecule has 3 unspecified atom stereocenters. The molecule has 2 rings (SSSR count). The first-order valence-corrected chi connectivity index (χ1v) is 7.68. The Kier molecular flexibility index (Phi) is 5.79. The van der Waals surface area contributed by atoms with Gasteiger partial charge in [-0.15, -0.1) is 0 Å². The number of rotatable bonds is 9. The molecule has 2 nitrogen and oxygen atoms in total. The molecule has 0 aromatic carbocycles. The monoisotopic (exact) mass is 239 g/mol. The van der Waals surface area contributed by atoms with Gasteiger partial charge in [0.2, 0.25) is 0 Å². The van der Waals surface area contributed by atoms with Crippen molar-refractivity contribution in [3.8, 4) is 0 Å². The van der Waals surface area contributed by atoms with Gasteiger partial charge in [0.05, 0.1) is 0 Å². The average molecular weight is 239 g/mol. The number of hydrogen-bond acceptors (Lipinski definition) is 2. The van der Waals surface area contributed by atoms with Crippen molar-refractivity contribution >= 4 is 0 Å². The molecule has 0 aromatic rings. The molecule has 100 valence electrons. The predicted molar refractivity (Wildman–Crippen MR) is 72.2 cm³/mol. The highest BCUT2D eigenvalue weighted by molar-refractivity contribution is 4.90. The highest BCUT2D eigenvalue weighted by atomic mass is 16.5. The van der Waals surface area contributed by atoms with Gasteiger partial charge >= 0.3 is 0 Å². The minimum Gasteiger partial charge on any atom is -0.381 e. The van der Waals surface area contributed by atoms with Gasteiger partial charge < -0.3 is 10.1 Å². The fourth-order valence-electron chi connectivity index (χ4n) is 3.56. The van der Waals surface area contributed by atoms with Crippen LogP contribution >= 0.6 is 0 Å². The Hall–Kier alpha value is -0.0800. The first kappa shape index (κ1) is 13.4. The Morgan fingerprint density at radius 3 is 2.71 bits per heavy atom. The fourth-order valence-corrected chi connectivity index (χ4v) is 3.56. The summed E-state index contributed by atoms with van der Waals surface area (Å²) in [4.78, 5) is 0. The van der Waals surface area contributed by atoms with Crippen molar-refractivity contribution < 1.29 is 4.74 Å². The maximum atomic E-state index is 5.56. The number of nitrogens with one attached hydrogen (secondary N) is 1. The van der Waals surface area contributed by atoms with E-state index in [2.05, 4.69) is 12.2 Å². The highest BCUT2D eigenvalue weighted by Crippen LogP contribution is 2.47. The molecule has 2 saturated carbocycles. The molecular weight excluding hydrogens is 210 g/mol. The zero-order chi connectivity index (χ0) is 11.9. The van der Waals surface area contributed by atoms with Crippen molar-refractivity contribution in [2.24, 2.45) is 17.8 Å². The average Bonchev–Trinajstić information content (AvgIpc) is 2.94. The summed E-state index contributed by atoms with van der Waals surface area (Å²) in [6.45, 7) is 6.49. The second kappa shape index (κ2) is 7.38. The molecule has 0 spiro atoms. The SMILES string of the molecule is CCCCOCCCNCC1CC2CCC1C2. The molecule has 17 heavy (non-hydrogen) atoms. The van der Waals surface area contributed by atoms with Gasteiger partial charge in [-0.1, -0.05) is 19.8 Å². The normalized spacial score (nSPS) is 31.2. The van der Waals surface area contributed by atoms with E-state index in [0.29, 0.717) is 0 Å². The lowest BCUT2D eigenvalue weighted by atomic mass is 9.89. The second-order valence-electron chi connectivity index (χ2n) is 5.96. The van der Waals surface area contributed by atoms with E-state index in [9.17, 15) is 0 Å². The van der Waals surface area contributed by atoms with Crippen LogP contribution in [0.4, 0.5) is 0 Å². The molecule has 0 saturated heterocycles. The molecule has 2 heteroatoms. The zero-order valence-corrected chi connectivity index (χ0v) is 11.4. The maximum absolute atomic E-state index is 5.56. The first-order chi connectivity index (χ1) is 8.40. The molecular formula is C15H29NO. The van der Waals surface area contributed by atoms with Crippen molar-refractivity contribution in [1.29, 1.82) is 0 Å². The smallest absolute Gasteiger partial charge is 0.0478 e. The van der Waals surface area contributed by atoms with Crippen LogP contribution < -0.4 is 5.32 Å². The largest absolute Gasteiger partial charge is 0.381 e. The van der Waals surface area contributed by atoms with Crippen molar-refractivity contribution in [2.75, 3.05) is 26.3 Å². The molecule has 3 atom stereocenters. The van der Waals surface area contributed by atoms with E-state index in [1.165, 1.54) is 51.5 Å².